The van der Waals surface area contributed by atoms with E-state index in [0.717, 1.165) is 12.2 Å². The van der Waals surface area contributed by atoms with E-state index in [0.29, 0.717) is 6.61 Å². The topological polar surface area (TPSA) is 47.6 Å². The number of methoxy groups -OCH3 is 1. The summed E-state index contributed by atoms with van der Waals surface area (Å²) in [6.07, 6.45) is 0.427. The maximum atomic E-state index is 11.9. The highest BCUT2D eigenvalue weighted by molar-refractivity contribution is 5.68. The molecule has 4 heteroatoms. The molecule has 3 rings (SSSR count). The van der Waals surface area contributed by atoms with Crippen LogP contribution in [0.3, 0.4) is 0 Å². The van der Waals surface area contributed by atoms with Crippen LogP contribution < -0.4 is 10.1 Å². The average molecular weight is 311 g/mol. The molecule has 0 saturated carbocycles. The standard InChI is InChI=1S/C19H21NO3/c1-3-23-19(21)20-17-11-14-9-10-15(22-2)12-16(14)18(17)13-7-5-4-6-8-13/h4-10,12,17-18H,3,11H2,1-2H3,(H,20,21)/t17-,18-/m0/s1. The first-order valence-corrected chi connectivity index (χ1v) is 7.88. The Hall–Kier alpha value is -2.49. The van der Waals surface area contributed by atoms with E-state index < -0.39 is 0 Å². The van der Waals surface area contributed by atoms with Crippen molar-refractivity contribution in [2.45, 2.75) is 25.3 Å². The van der Waals surface area contributed by atoms with Gasteiger partial charge in [0.25, 0.3) is 0 Å². The summed E-state index contributed by atoms with van der Waals surface area (Å²) in [5, 5.41) is 3.01. The largest absolute Gasteiger partial charge is 0.497 e. The Bertz CT molecular complexity index is 684. The van der Waals surface area contributed by atoms with E-state index in [-0.39, 0.29) is 18.1 Å². The number of amides is 1. The molecule has 2 atom stereocenters. The van der Waals surface area contributed by atoms with Crippen LogP contribution in [0.25, 0.3) is 0 Å². The molecule has 0 spiro atoms. The summed E-state index contributed by atoms with van der Waals surface area (Å²) < 4.78 is 10.4. The third kappa shape index (κ3) is 3.16. The zero-order valence-corrected chi connectivity index (χ0v) is 13.4. The van der Waals surface area contributed by atoms with E-state index in [1.54, 1.807) is 7.11 Å². The minimum atomic E-state index is -0.363. The van der Waals surface area contributed by atoms with Gasteiger partial charge in [0.15, 0.2) is 0 Å². The highest BCUT2D eigenvalue weighted by atomic mass is 16.5. The summed E-state index contributed by atoms with van der Waals surface area (Å²) in [7, 11) is 1.67. The summed E-state index contributed by atoms with van der Waals surface area (Å²) in [5.41, 5.74) is 3.63. The summed E-state index contributed by atoms with van der Waals surface area (Å²) in [5.74, 6) is 0.937. The van der Waals surface area contributed by atoms with Crippen molar-refractivity contribution in [3.8, 4) is 5.75 Å². The second-order valence-electron chi connectivity index (χ2n) is 5.63. The molecule has 1 aliphatic rings. The Morgan fingerprint density at radius 3 is 2.70 bits per heavy atom. The number of carbonyl (C=O) groups is 1. The van der Waals surface area contributed by atoms with Crippen molar-refractivity contribution in [2.24, 2.45) is 0 Å². The molecule has 1 N–H and O–H groups in total. The molecule has 2 aromatic rings. The van der Waals surface area contributed by atoms with Gasteiger partial charge >= 0.3 is 6.09 Å². The minimum Gasteiger partial charge on any atom is -0.497 e. The lowest BCUT2D eigenvalue weighted by Crippen LogP contribution is -2.38. The van der Waals surface area contributed by atoms with Gasteiger partial charge in [-0.1, -0.05) is 36.4 Å². The molecular weight excluding hydrogens is 290 g/mol. The Morgan fingerprint density at radius 2 is 2.00 bits per heavy atom. The fourth-order valence-corrected chi connectivity index (χ4v) is 3.28. The SMILES string of the molecule is CCOC(=O)N[C@H]1Cc2ccc(OC)cc2[C@@H]1c1ccccc1. The zero-order valence-electron chi connectivity index (χ0n) is 13.4. The molecular formula is C19H21NO3. The van der Waals surface area contributed by atoms with Crippen LogP contribution in [0.2, 0.25) is 0 Å². The summed E-state index contributed by atoms with van der Waals surface area (Å²) in [4.78, 5) is 11.9. The number of nitrogens with one attached hydrogen (secondary N) is 1. The average Bonchev–Trinajstić information content (AvgIpc) is 2.92. The van der Waals surface area contributed by atoms with Gasteiger partial charge < -0.3 is 14.8 Å². The number of fused-ring (bicyclic) bond motifs is 1. The van der Waals surface area contributed by atoms with Crippen LogP contribution in [-0.4, -0.2) is 25.9 Å². The molecule has 0 radical (unpaired) electrons. The number of hydrogen-bond donors (Lipinski definition) is 1. The van der Waals surface area contributed by atoms with Crippen LogP contribution in [0, 0.1) is 0 Å². The van der Waals surface area contributed by atoms with Crippen LogP contribution in [0.4, 0.5) is 4.79 Å². The molecule has 0 aromatic heterocycles. The van der Waals surface area contributed by atoms with Crippen LogP contribution >= 0.6 is 0 Å². The van der Waals surface area contributed by atoms with E-state index in [4.69, 9.17) is 9.47 Å². The van der Waals surface area contributed by atoms with Crippen LogP contribution in [0.15, 0.2) is 48.5 Å². The number of benzene rings is 2. The van der Waals surface area contributed by atoms with Gasteiger partial charge in [-0.2, -0.15) is 0 Å². The number of ether oxygens (including phenoxy) is 2. The first-order chi connectivity index (χ1) is 11.2. The predicted molar refractivity (Wildman–Crippen MR) is 88.9 cm³/mol. The van der Waals surface area contributed by atoms with Crippen molar-refractivity contribution in [2.75, 3.05) is 13.7 Å². The van der Waals surface area contributed by atoms with Gasteiger partial charge in [-0.25, -0.2) is 4.79 Å². The van der Waals surface area contributed by atoms with Crippen molar-refractivity contribution in [1.82, 2.24) is 5.32 Å². The highest BCUT2D eigenvalue weighted by Crippen LogP contribution is 2.40. The van der Waals surface area contributed by atoms with Gasteiger partial charge in [-0.15, -0.1) is 0 Å². The smallest absolute Gasteiger partial charge is 0.407 e. The maximum Gasteiger partial charge on any atom is 0.407 e. The lowest BCUT2D eigenvalue weighted by molar-refractivity contribution is 0.147. The van der Waals surface area contributed by atoms with Gasteiger partial charge in [0.05, 0.1) is 13.7 Å². The van der Waals surface area contributed by atoms with E-state index in [1.807, 2.05) is 31.2 Å². The van der Waals surface area contributed by atoms with Gasteiger partial charge in [0.2, 0.25) is 0 Å². The lowest BCUT2D eigenvalue weighted by Gasteiger charge is -2.22. The molecule has 0 heterocycles. The predicted octanol–water partition coefficient (Wildman–Crippen LogP) is 3.50. The molecule has 0 fully saturated rings. The van der Waals surface area contributed by atoms with Crippen molar-refractivity contribution >= 4 is 6.09 Å². The van der Waals surface area contributed by atoms with Gasteiger partial charge in [0, 0.05) is 12.0 Å². The van der Waals surface area contributed by atoms with Crippen molar-refractivity contribution in [3.05, 3.63) is 65.2 Å². The first-order valence-electron chi connectivity index (χ1n) is 7.88. The summed E-state index contributed by atoms with van der Waals surface area (Å²) in [6.45, 7) is 2.18. The summed E-state index contributed by atoms with van der Waals surface area (Å²) in [6, 6.07) is 16.3. The maximum absolute atomic E-state index is 11.9. The molecule has 0 bridgehead atoms. The number of hydrogen-bond acceptors (Lipinski definition) is 3. The Kier molecular flexibility index (Phi) is 4.51. The zero-order chi connectivity index (χ0) is 16.2. The Labute approximate surface area is 136 Å². The van der Waals surface area contributed by atoms with Crippen LogP contribution in [-0.2, 0) is 11.2 Å². The van der Waals surface area contributed by atoms with Crippen LogP contribution in [0.1, 0.15) is 29.5 Å². The monoisotopic (exact) mass is 311 g/mol. The fourth-order valence-electron chi connectivity index (χ4n) is 3.28. The third-order valence-electron chi connectivity index (χ3n) is 4.27. The molecule has 1 amide bonds. The Balaban J connectivity index is 1.96. The number of carbonyl (C=O) groups excluding carboxylic acids is 1. The molecule has 2 aromatic carbocycles. The molecule has 4 nitrogen and oxygen atoms in total. The molecule has 0 aliphatic heterocycles. The second-order valence-corrected chi connectivity index (χ2v) is 5.63. The molecule has 0 saturated heterocycles. The Morgan fingerprint density at radius 1 is 1.22 bits per heavy atom. The number of rotatable bonds is 4. The van der Waals surface area contributed by atoms with E-state index >= 15 is 0 Å². The molecule has 0 unspecified atom stereocenters. The quantitative estimate of drug-likeness (QED) is 0.940. The summed E-state index contributed by atoms with van der Waals surface area (Å²) >= 11 is 0. The molecule has 1 aliphatic carbocycles. The lowest BCUT2D eigenvalue weighted by atomic mass is 9.90. The van der Waals surface area contributed by atoms with Gasteiger partial charge in [-0.05, 0) is 42.2 Å². The van der Waals surface area contributed by atoms with Crippen molar-refractivity contribution in [3.63, 3.8) is 0 Å². The van der Waals surface area contributed by atoms with E-state index in [1.165, 1.54) is 16.7 Å². The molecule has 23 heavy (non-hydrogen) atoms. The van der Waals surface area contributed by atoms with Crippen molar-refractivity contribution in [1.29, 1.82) is 0 Å². The minimum absolute atomic E-state index is 0.0152. The first kappa shape index (κ1) is 15.4. The third-order valence-corrected chi connectivity index (χ3v) is 4.27. The fraction of sp³-hybridized carbons (Fsp3) is 0.316. The van der Waals surface area contributed by atoms with E-state index in [2.05, 4.69) is 29.6 Å². The number of alkyl carbamates (subject to hydrolysis) is 1. The van der Waals surface area contributed by atoms with Gasteiger partial charge in [0.1, 0.15) is 5.75 Å². The van der Waals surface area contributed by atoms with Crippen LogP contribution in [0.5, 0.6) is 5.75 Å². The highest BCUT2D eigenvalue weighted by Gasteiger charge is 2.35. The normalized spacial score (nSPS) is 19.0. The molecule has 120 valence electrons. The second kappa shape index (κ2) is 6.73. The van der Waals surface area contributed by atoms with E-state index in [9.17, 15) is 4.79 Å². The van der Waals surface area contributed by atoms with Gasteiger partial charge in [-0.3, -0.25) is 0 Å². The van der Waals surface area contributed by atoms with Crippen molar-refractivity contribution < 1.29 is 14.3 Å².